The van der Waals surface area contributed by atoms with Gasteiger partial charge in [-0.05, 0) is 68.6 Å². The van der Waals surface area contributed by atoms with Gasteiger partial charge in [-0.3, -0.25) is 28.4 Å². The summed E-state index contributed by atoms with van der Waals surface area (Å²) in [5.41, 5.74) is 15.9. The van der Waals surface area contributed by atoms with Crippen LogP contribution < -0.4 is 11.5 Å². The van der Waals surface area contributed by atoms with Crippen LogP contribution in [0.2, 0.25) is 0 Å². The molecule has 9 heterocycles. The van der Waals surface area contributed by atoms with Crippen LogP contribution in [0.15, 0.2) is 152 Å². The minimum atomic E-state index is -0.498. The van der Waals surface area contributed by atoms with Gasteiger partial charge >= 0.3 is 0 Å². The normalized spacial score (nSPS) is 14.3. The lowest BCUT2D eigenvalue weighted by atomic mass is 10.0. The maximum Gasteiger partial charge on any atom is 0.259 e. The molecule has 6 aromatic carbocycles. The highest BCUT2D eigenvalue weighted by Crippen LogP contribution is 2.34. The van der Waals surface area contributed by atoms with E-state index in [0.29, 0.717) is 87.6 Å². The Labute approximate surface area is 557 Å². The first-order valence-corrected chi connectivity index (χ1v) is 31.8. The Morgan fingerprint density at radius 1 is 0.418 bits per heavy atom. The van der Waals surface area contributed by atoms with Crippen molar-refractivity contribution >= 4 is 62.1 Å². The van der Waals surface area contributed by atoms with Gasteiger partial charge in [0.05, 0.1) is 25.2 Å². The quantitative estimate of drug-likeness (QED) is 0.108. The van der Waals surface area contributed by atoms with Crippen LogP contribution >= 0.6 is 0 Å². The van der Waals surface area contributed by atoms with Crippen LogP contribution in [0.4, 0.5) is 38.0 Å². The molecule has 0 radical (unpaired) electrons. The number of amides is 3. The van der Waals surface area contributed by atoms with Gasteiger partial charge in [0, 0.05) is 110 Å². The molecule has 498 valence electrons. The third kappa shape index (κ3) is 13.4. The number of fused-ring (bicyclic) bond motifs is 3. The zero-order valence-electron chi connectivity index (χ0n) is 53.2. The van der Waals surface area contributed by atoms with E-state index >= 15 is 0 Å². The molecule has 3 aliphatic heterocycles. The molecular formula is C71H64F6N18O3. The summed E-state index contributed by atoms with van der Waals surface area (Å²) >= 11 is 0. The van der Waals surface area contributed by atoms with Crippen LogP contribution in [0.25, 0.3) is 67.3 Å². The van der Waals surface area contributed by atoms with E-state index in [1.54, 1.807) is 101 Å². The number of nitrogen functional groups attached to an aromatic ring is 2. The molecule has 98 heavy (non-hydrogen) atoms. The number of rotatable bonds is 12. The molecule has 0 aliphatic carbocycles. The van der Waals surface area contributed by atoms with Gasteiger partial charge in [-0.25, -0.2) is 56.2 Å². The lowest BCUT2D eigenvalue weighted by Gasteiger charge is -2.37. The Hall–Kier alpha value is -11.5. The third-order valence-electron chi connectivity index (χ3n) is 17.4. The molecule has 6 aromatic heterocycles. The van der Waals surface area contributed by atoms with Gasteiger partial charge in [0.25, 0.3) is 17.7 Å². The summed E-state index contributed by atoms with van der Waals surface area (Å²) in [7, 11) is 2.01. The van der Waals surface area contributed by atoms with Crippen LogP contribution in [0.3, 0.4) is 0 Å². The molecule has 3 amide bonds. The van der Waals surface area contributed by atoms with Crippen molar-refractivity contribution in [1.29, 1.82) is 0 Å². The maximum absolute atomic E-state index is 14.8. The van der Waals surface area contributed by atoms with Crippen LogP contribution in [0, 0.1) is 40.8 Å². The van der Waals surface area contributed by atoms with Gasteiger partial charge in [0.15, 0.2) is 17.5 Å². The van der Waals surface area contributed by atoms with E-state index in [9.17, 15) is 40.7 Å². The number of likely N-dealkylation sites (N-methyl/N-ethyl adjacent to an activating group) is 1. The van der Waals surface area contributed by atoms with Gasteiger partial charge in [-0.1, -0.05) is 97.9 Å². The van der Waals surface area contributed by atoms with E-state index in [2.05, 4.69) is 57.0 Å². The summed E-state index contributed by atoms with van der Waals surface area (Å²) in [6.45, 7) is 7.77. The monoisotopic (exact) mass is 1330 g/mol. The largest absolute Gasteiger partial charge is 0.383 e. The van der Waals surface area contributed by atoms with Gasteiger partial charge in [-0.2, -0.15) is 15.3 Å². The second kappa shape index (κ2) is 28.1. The molecule has 0 bridgehead atoms. The highest BCUT2D eigenvalue weighted by atomic mass is 19.1. The standard InChI is InChI=1S/C24H23F2N7O.C24H21F2N5O.C23H20F2N6O/c1-31-9-11-32(12-10-31)24(34)17-13-28-23(29-22(17)27)20-16-6-4-8-19(26)21(16)33(30-20)14-15-5-2-3-7-18(15)25;25-19-9-3-2-7-16(19)15-31-22-18(8-6-10-20(22)26)21(29-31)23-27-13-17(14-28-23)24(32)30-11-4-1-5-12-30;1-13-10-30(11-13)23(32)16-9-27-22(28-21(16)26)19-15-6-4-8-18(25)20(15)31(29-19)12-14-5-2-3-7-17(14)24/h2-8,13H,9-12,14H2,1H3,(H2,27,28,29);2-3,6-10,13-14H,1,4-5,11-12,15H2;2-9,13H,10-12H2,1H3,(H2,26,27,28). The van der Waals surface area contributed by atoms with Crippen molar-refractivity contribution in [2.45, 2.75) is 45.8 Å². The molecule has 12 aromatic rings. The zero-order chi connectivity index (χ0) is 68.3. The number of nitrogens with zero attached hydrogens (tertiary/aromatic N) is 16. The Bertz CT molecular complexity index is 4990. The highest BCUT2D eigenvalue weighted by Gasteiger charge is 2.31. The molecule has 0 saturated carbocycles. The predicted molar refractivity (Wildman–Crippen MR) is 356 cm³/mol. The van der Waals surface area contributed by atoms with Crippen molar-refractivity contribution < 1.29 is 40.7 Å². The van der Waals surface area contributed by atoms with Gasteiger partial charge in [0.1, 0.15) is 91.3 Å². The van der Waals surface area contributed by atoms with E-state index in [1.807, 2.05) is 11.9 Å². The predicted octanol–water partition coefficient (Wildman–Crippen LogP) is 10.7. The van der Waals surface area contributed by atoms with Crippen LogP contribution in [-0.2, 0) is 19.6 Å². The fraction of sp³-hybridized carbons (Fsp3) is 0.239. The number of likely N-dealkylation sites (tertiary alicyclic amines) is 2. The molecule has 21 nitrogen and oxygen atoms in total. The van der Waals surface area contributed by atoms with E-state index in [4.69, 9.17) is 11.5 Å². The van der Waals surface area contributed by atoms with Crippen molar-refractivity contribution in [3.8, 4) is 34.6 Å². The topological polar surface area (TPSA) is 247 Å². The molecule has 3 fully saturated rings. The van der Waals surface area contributed by atoms with Crippen molar-refractivity contribution in [2.24, 2.45) is 5.92 Å². The van der Waals surface area contributed by atoms with E-state index in [-0.39, 0.29) is 100.0 Å². The summed E-state index contributed by atoms with van der Waals surface area (Å²) < 4.78 is 91.0. The molecular weight excluding hydrogens is 1270 g/mol. The number of aromatic nitrogens is 12. The zero-order valence-corrected chi connectivity index (χ0v) is 53.2. The summed E-state index contributed by atoms with van der Waals surface area (Å²) in [5.74, 6) is -2.04. The highest BCUT2D eigenvalue weighted by molar-refractivity contribution is 6.01. The Morgan fingerprint density at radius 2 is 0.776 bits per heavy atom. The van der Waals surface area contributed by atoms with Crippen molar-refractivity contribution in [3.05, 3.63) is 220 Å². The lowest BCUT2D eigenvalue weighted by Crippen LogP contribution is -2.48. The first-order valence-electron chi connectivity index (χ1n) is 31.8. The van der Waals surface area contributed by atoms with Crippen molar-refractivity contribution in [1.82, 2.24) is 78.8 Å². The molecule has 3 aliphatic rings. The number of benzene rings is 6. The number of anilines is 2. The number of piperazine rings is 1. The summed E-state index contributed by atoms with van der Waals surface area (Å²) in [5, 5.41) is 14.9. The maximum atomic E-state index is 14.8. The number of hydrogen-bond donors (Lipinski definition) is 2. The fourth-order valence-corrected chi connectivity index (χ4v) is 12.2. The molecule has 0 atom stereocenters. The summed E-state index contributed by atoms with van der Waals surface area (Å²) in [6.07, 6.45) is 8.88. The van der Waals surface area contributed by atoms with Gasteiger partial charge in [-0.15, -0.1) is 0 Å². The minimum absolute atomic E-state index is 0.0273. The summed E-state index contributed by atoms with van der Waals surface area (Å²) in [4.78, 5) is 71.5. The van der Waals surface area contributed by atoms with Gasteiger partial charge < -0.3 is 31.1 Å². The minimum Gasteiger partial charge on any atom is -0.383 e. The van der Waals surface area contributed by atoms with E-state index < -0.39 is 29.1 Å². The third-order valence-corrected chi connectivity index (χ3v) is 17.4. The number of hydrogen-bond acceptors (Lipinski definition) is 15. The lowest BCUT2D eigenvalue weighted by molar-refractivity contribution is 0.0530. The molecule has 0 spiro atoms. The second-order valence-corrected chi connectivity index (χ2v) is 24.2. The van der Waals surface area contributed by atoms with Gasteiger partial charge in [0.2, 0.25) is 0 Å². The van der Waals surface area contributed by atoms with Crippen LogP contribution in [0.5, 0.6) is 0 Å². The molecule has 27 heteroatoms. The number of para-hydroxylation sites is 3. The Balaban J connectivity index is 0.000000132. The molecule has 3 saturated heterocycles. The second-order valence-electron chi connectivity index (χ2n) is 24.2. The van der Waals surface area contributed by atoms with Crippen LogP contribution in [0.1, 0.15) is 74.0 Å². The fourth-order valence-electron chi connectivity index (χ4n) is 12.2. The van der Waals surface area contributed by atoms with Crippen LogP contribution in [-0.4, -0.2) is 156 Å². The van der Waals surface area contributed by atoms with E-state index in [1.165, 1.54) is 75.2 Å². The number of halogens is 6. The number of carbonyl (C=O) groups is 3. The SMILES string of the molecule is CC1CN(C(=O)c2cnc(-c3nn(Cc4ccccc4F)c4c(F)cccc34)nc2N)C1.CN1CCN(C(=O)c2cnc(-c3nn(Cc4ccccc4F)c4c(F)cccc34)nc2N)CC1.O=C(c1cnc(-c2nn(Cc3ccccc3F)c3c(F)cccc23)nc1)N1CCCCC1. The van der Waals surface area contributed by atoms with Crippen molar-refractivity contribution in [2.75, 3.05) is 70.9 Å². The number of nitrogens with two attached hydrogens (primary N) is 2. The number of carbonyl (C=O) groups excluding carboxylic acids is 3. The first kappa shape index (κ1) is 65.2. The number of piperidine rings is 1. The average Bonchev–Trinajstić information content (AvgIpc) is 1.61. The Kier molecular flexibility index (Phi) is 18.7. The Morgan fingerprint density at radius 3 is 1.16 bits per heavy atom. The summed E-state index contributed by atoms with van der Waals surface area (Å²) in [6, 6.07) is 32.7. The smallest absolute Gasteiger partial charge is 0.259 e. The first-order chi connectivity index (χ1) is 47.5. The average molecular weight is 1330 g/mol. The van der Waals surface area contributed by atoms with Crippen molar-refractivity contribution in [3.63, 3.8) is 0 Å². The molecule has 4 N–H and O–H groups in total. The molecule has 15 rings (SSSR count). The molecule has 0 unspecified atom stereocenters. The van der Waals surface area contributed by atoms with E-state index in [0.717, 1.165) is 45.4 Å².